The van der Waals surface area contributed by atoms with Gasteiger partial charge in [0.15, 0.2) is 9.84 Å². The summed E-state index contributed by atoms with van der Waals surface area (Å²) in [5.41, 5.74) is 0.474. The van der Waals surface area contributed by atoms with Gasteiger partial charge in [-0.2, -0.15) is 4.31 Å². The quantitative estimate of drug-likeness (QED) is 0.500. The minimum Gasteiger partial charge on any atom is -0.403 e. The first-order chi connectivity index (χ1) is 16.6. The summed E-state index contributed by atoms with van der Waals surface area (Å²) in [4.78, 5) is 12.9. The van der Waals surface area contributed by atoms with Gasteiger partial charge in [0, 0.05) is 18.7 Å². The number of rotatable bonds is 7. The molecule has 13 heteroatoms. The zero-order chi connectivity index (χ0) is 25.2. The van der Waals surface area contributed by atoms with Crippen molar-refractivity contribution in [3.63, 3.8) is 0 Å². The number of anilines is 1. The molecule has 186 valence electrons. The molecule has 1 fully saturated rings. The average molecular weight is 523 g/mol. The van der Waals surface area contributed by atoms with Crippen LogP contribution in [0.2, 0.25) is 0 Å². The molecule has 0 aliphatic carbocycles. The van der Waals surface area contributed by atoms with Crippen LogP contribution in [0.4, 0.5) is 10.4 Å². The van der Waals surface area contributed by atoms with Gasteiger partial charge in [0.2, 0.25) is 21.8 Å². The molecule has 1 unspecified atom stereocenters. The fourth-order valence-corrected chi connectivity index (χ4v) is 6.11. The summed E-state index contributed by atoms with van der Waals surface area (Å²) in [6, 6.07) is 10.3. The van der Waals surface area contributed by atoms with Crippen LogP contribution in [0.25, 0.3) is 11.5 Å². The molecule has 35 heavy (non-hydrogen) atoms. The molecule has 0 bridgehead atoms. The van der Waals surface area contributed by atoms with Crippen molar-refractivity contribution in [3.05, 3.63) is 54.3 Å². The zero-order valence-electron chi connectivity index (χ0n) is 18.7. The van der Waals surface area contributed by atoms with Crippen molar-refractivity contribution in [1.82, 2.24) is 14.5 Å². The molecule has 4 rings (SSSR count). The summed E-state index contributed by atoms with van der Waals surface area (Å²) in [6.45, 7) is 1.76. The molecule has 10 nitrogen and oxygen atoms in total. The predicted molar refractivity (Wildman–Crippen MR) is 124 cm³/mol. The van der Waals surface area contributed by atoms with Crippen molar-refractivity contribution >= 4 is 31.8 Å². The molecule has 1 aromatic heterocycles. The Bertz CT molecular complexity index is 1420. The van der Waals surface area contributed by atoms with Gasteiger partial charge in [0.05, 0.1) is 21.5 Å². The van der Waals surface area contributed by atoms with Crippen LogP contribution in [0.1, 0.15) is 19.8 Å². The third-order valence-electron chi connectivity index (χ3n) is 5.70. The maximum absolute atomic E-state index is 13.2. The van der Waals surface area contributed by atoms with Gasteiger partial charge in [0.25, 0.3) is 0 Å². The van der Waals surface area contributed by atoms with Crippen molar-refractivity contribution in [2.24, 2.45) is 5.92 Å². The lowest BCUT2D eigenvalue weighted by molar-refractivity contribution is -0.121. The molecule has 0 spiro atoms. The minimum atomic E-state index is -3.87. The van der Waals surface area contributed by atoms with Gasteiger partial charge in [-0.3, -0.25) is 10.1 Å². The second-order valence-electron chi connectivity index (χ2n) is 7.99. The van der Waals surface area contributed by atoms with Crippen molar-refractivity contribution in [2.45, 2.75) is 29.6 Å². The number of nitrogens with one attached hydrogen (secondary N) is 1. The Balaban J connectivity index is 1.42. The smallest absolute Gasteiger partial charge is 0.322 e. The summed E-state index contributed by atoms with van der Waals surface area (Å²) in [5, 5.41) is 10.2. The summed E-state index contributed by atoms with van der Waals surface area (Å²) in [5.74, 6) is -1.59. The van der Waals surface area contributed by atoms with Crippen LogP contribution in [0, 0.1) is 11.7 Å². The van der Waals surface area contributed by atoms with Crippen molar-refractivity contribution in [3.8, 4) is 11.5 Å². The standard InChI is InChI=1S/C22H23FN4O6S2/c1-2-34(29,30)18-9-5-15(6-10-18)21-25-26-22(33-21)24-20(28)16-4-3-13-27(14-16)35(31,32)19-11-7-17(23)8-12-19/h5-12,16H,2-4,13-14H2,1H3,(H,24,26,28). The summed E-state index contributed by atoms with van der Waals surface area (Å²) >= 11 is 0. The SMILES string of the molecule is CCS(=O)(=O)c1ccc(-c2nnc(NC(=O)C3CCCN(S(=O)(=O)c4ccc(F)cc4)C3)o2)cc1. The number of hydrogen-bond donors (Lipinski definition) is 1. The molecule has 1 aliphatic rings. The lowest BCUT2D eigenvalue weighted by Gasteiger charge is -2.30. The van der Waals surface area contributed by atoms with Gasteiger partial charge in [-0.1, -0.05) is 12.0 Å². The molecule has 1 amide bonds. The van der Waals surface area contributed by atoms with E-state index in [1.807, 2.05) is 0 Å². The number of sulfone groups is 1. The Kier molecular flexibility index (Phi) is 7.01. The second kappa shape index (κ2) is 9.84. The topological polar surface area (TPSA) is 140 Å². The maximum atomic E-state index is 13.2. The van der Waals surface area contributed by atoms with E-state index in [2.05, 4.69) is 15.5 Å². The molecule has 2 aromatic carbocycles. The average Bonchev–Trinajstić information content (AvgIpc) is 3.33. The van der Waals surface area contributed by atoms with Gasteiger partial charge in [-0.05, 0) is 61.4 Å². The molecule has 0 saturated carbocycles. The number of carbonyl (C=O) groups is 1. The highest BCUT2D eigenvalue weighted by molar-refractivity contribution is 7.91. The first-order valence-corrected chi connectivity index (χ1v) is 13.9. The maximum Gasteiger partial charge on any atom is 0.322 e. The number of sulfonamides is 1. The Hall–Kier alpha value is -3.16. The molecular formula is C22H23FN4O6S2. The van der Waals surface area contributed by atoms with E-state index in [0.717, 1.165) is 12.1 Å². The Morgan fingerprint density at radius 1 is 1.06 bits per heavy atom. The van der Waals surface area contributed by atoms with Gasteiger partial charge in [-0.25, -0.2) is 21.2 Å². The lowest BCUT2D eigenvalue weighted by Crippen LogP contribution is -2.43. The number of carbonyl (C=O) groups excluding carboxylic acids is 1. The first kappa shape index (κ1) is 24.9. The van der Waals surface area contributed by atoms with Crippen molar-refractivity contribution < 1.29 is 30.4 Å². The van der Waals surface area contributed by atoms with Crippen molar-refractivity contribution in [2.75, 3.05) is 24.2 Å². The number of nitrogens with zero attached hydrogens (tertiary/aromatic N) is 3. The van der Waals surface area contributed by atoms with Crippen LogP contribution in [-0.4, -0.2) is 56.1 Å². The molecule has 1 saturated heterocycles. The minimum absolute atomic E-state index is 0.0210. The van der Waals surface area contributed by atoms with E-state index in [0.29, 0.717) is 18.4 Å². The van der Waals surface area contributed by atoms with E-state index in [9.17, 15) is 26.0 Å². The third-order valence-corrected chi connectivity index (χ3v) is 9.33. The van der Waals surface area contributed by atoms with Crippen LogP contribution in [-0.2, 0) is 24.7 Å². The fourth-order valence-electron chi connectivity index (χ4n) is 3.70. The molecule has 1 atom stereocenters. The Morgan fingerprint density at radius 3 is 2.37 bits per heavy atom. The Labute approximate surface area is 202 Å². The second-order valence-corrected chi connectivity index (χ2v) is 12.2. The van der Waals surface area contributed by atoms with E-state index in [4.69, 9.17) is 4.42 Å². The highest BCUT2D eigenvalue weighted by Gasteiger charge is 2.34. The highest BCUT2D eigenvalue weighted by atomic mass is 32.2. The van der Waals surface area contributed by atoms with E-state index < -0.39 is 37.5 Å². The number of halogens is 1. The number of amides is 1. The fraction of sp³-hybridized carbons (Fsp3) is 0.318. The van der Waals surface area contributed by atoms with Crippen LogP contribution in [0.15, 0.2) is 62.7 Å². The lowest BCUT2D eigenvalue weighted by atomic mass is 9.99. The number of hydrogen-bond acceptors (Lipinski definition) is 8. The highest BCUT2D eigenvalue weighted by Crippen LogP contribution is 2.26. The van der Waals surface area contributed by atoms with Crippen LogP contribution in [0.3, 0.4) is 0 Å². The van der Waals surface area contributed by atoms with E-state index in [-0.39, 0.29) is 40.5 Å². The van der Waals surface area contributed by atoms with Gasteiger partial charge < -0.3 is 4.42 Å². The molecule has 0 radical (unpaired) electrons. The number of aromatic nitrogens is 2. The van der Waals surface area contributed by atoms with E-state index >= 15 is 0 Å². The predicted octanol–water partition coefficient (Wildman–Crippen LogP) is 2.71. The van der Waals surface area contributed by atoms with Gasteiger partial charge in [0.1, 0.15) is 5.82 Å². The zero-order valence-corrected chi connectivity index (χ0v) is 20.4. The van der Waals surface area contributed by atoms with E-state index in [1.54, 1.807) is 6.92 Å². The van der Waals surface area contributed by atoms with Crippen LogP contribution >= 0.6 is 0 Å². The third kappa shape index (κ3) is 5.41. The van der Waals surface area contributed by atoms with Gasteiger partial charge >= 0.3 is 6.01 Å². The van der Waals surface area contributed by atoms with Crippen LogP contribution in [0.5, 0.6) is 0 Å². The monoisotopic (exact) mass is 522 g/mol. The molecule has 3 aromatic rings. The van der Waals surface area contributed by atoms with E-state index in [1.165, 1.54) is 40.7 Å². The normalized spacial score (nSPS) is 17.3. The van der Waals surface area contributed by atoms with Gasteiger partial charge in [-0.15, -0.1) is 5.10 Å². The number of piperidine rings is 1. The first-order valence-electron chi connectivity index (χ1n) is 10.8. The largest absolute Gasteiger partial charge is 0.403 e. The Morgan fingerprint density at radius 2 is 1.71 bits per heavy atom. The molecule has 1 N–H and O–H groups in total. The summed E-state index contributed by atoms with van der Waals surface area (Å²) < 4.78 is 69.5. The number of benzene rings is 2. The summed E-state index contributed by atoms with van der Waals surface area (Å²) in [7, 11) is -7.22. The molecule has 1 aliphatic heterocycles. The molecule has 2 heterocycles. The van der Waals surface area contributed by atoms with Crippen molar-refractivity contribution in [1.29, 1.82) is 0 Å². The van der Waals surface area contributed by atoms with Crippen LogP contribution < -0.4 is 5.32 Å². The molecular weight excluding hydrogens is 499 g/mol. The summed E-state index contributed by atoms with van der Waals surface area (Å²) in [6.07, 6.45) is 0.941.